The monoisotopic (exact) mass is 335 g/mol. The minimum absolute atomic E-state index is 0.167. The van der Waals surface area contributed by atoms with E-state index >= 15 is 0 Å². The van der Waals surface area contributed by atoms with Crippen molar-refractivity contribution in [2.45, 2.75) is 57.6 Å². The molecular weight excluding hydrogens is 306 g/mol. The molecule has 0 saturated carbocycles. The van der Waals surface area contributed by atoms with Gasteiger partial charge in [-0.1, -0.05) is 63.2 Å². The van der Waals surface area contributed by atoms with E-state index in [1.165, 1.54) is 35.2 Å². The van der Waals surface area contributed by atoms with Crippen molar-refractivity contribution in [3.05, 3.63) is 65.2 Å². The first kappa shape index (κ1) is 16.7. The van der Waals surface area contributed by atoms with Crippen LogP contribution in [0.15, 0.2) is 48.5 Å². The number of nitrogens with one attached hydrogen (secondary N) is 1. The molecule has 0 amide bonds. The Morgan fingerprint density at radius 1 is 1.08 bits per heavy atom. The lowest BCUT2D eigenvalue weighted by Gasteiger charge is -2.43. The Labute approximate surface area is 151 Å². The first-order valence-corrected chi connectivity index (χ1v) is 9.59. The fourth-order valence-electron chi connectivity index (χ4n) is 4.31. The molecule has 1 fully saturated rings. The van der Waals surface area contributed by atoms with E-state index in [1.807, 2.05) is 0 Å². The molecule has 0 spiro atoms. The highest BCUT2D eigenvalue weighted by Gasteiger charge is 2.39. The number of hydrogen-bond acceptors (Lipinski definition) is 2. The Hall–Kier alpha value is -1.80. The lowest BCUT2D eigenvalue weighted by atomic mass is 9.76. The standard InChI is InChI=1S/C23H29NO/c1-23(2,3)17-11-12-20-19(15-17)22-18(10-7-13-25-22)21(24-20)14-16-8-5-4-6-9-16/h4-6,8-9,11-12,15,18,21-22,24H,7,10,13-14H2,1-3H3/t18-,21?,22-/m0/s1. The lowest BCUT2D eigenvalue weighted by molar-refractivity contribution is -0.0376. The molecule has 1 N–H and O–H groups in total. The molecule has 2 heterocycles. The summed E-state index contributed by atoms with van der Waals surface area (Å²) in [6.45, 7) is 7.73. The molecule has 0 bridgehead atoms. The molecule has 2 heteroatoms. The van der Waals surface area contributed by atoms with Gasteiger partial charge in [-0.15, -0.1) is 0 Å². The maximum Gasteiger partial charge on any atom is 0.0892 e. The number of ether oxygens (including phenoxy) is 1. The van der Waals surface area contributed by atoms with Crippen molar-refractivity contribution in [2.75, 3.05) is 11.9 Å². The van der Waals surface area contributed by atoms with Crippen LogP contribution in [0.3, 0.4) is 0 Å². The average Bonchev–Trinajstić information content (AvgIpc) is 2.62. The van der Waals surface area contributed by atoms with Gasteiger partial charge in [-0.3, -0.25) is 0 Å². The van der Waals surface area contributed by atoms with Crippen molar-refractivity contribution >= 4 is 5.69 Å². The van der Waals surface area contributed by atoms with Crippen molar-refractivity contribution in [1.29, 1.82) is 0 Å². The van der Waals surface area contributed by atoms with Gasteiger partial charge in [0.2, 0.25) is 0 Å². The smallest absolute Gasteiger partial charge is 0.0892 e. The summed E-state index contributed by atoms with van der Waals surface area (Å²) in [7, 11) is 0. The topological polar surface area (TPSA) is 21.3 Å². The van der Waals surface area contributed by atoms with Crippen LogP contribution < -0.4 is 5.32 Å². The van der Waals surface area contributed by atoms with Crippen molar-refractivity contribution in [3.63, 3.8) is 0 Å². The Morgan fingerprint density at radius 2 is 1.88 bits per heavy atom. The molecule has 0 radical (unpaired) electrons. The Morgan fingerprint density at radius 3 is 2.64 bits per heavy atom. The predicted molar refractivity (Wildman–Crippen MR) is 104 cm³/mol. The van der Waals surface area contributed by atoms with E-state index in [1.54, 1.807) is 0 Å². The van der Waals surface area contributed by atoms with E-state index in [0.717, 1.165) is 13.0 Å². The SMILES string of the molecule is CC(C)(C)c1ccc2c(c1)[C@H]1OCCC[C@H]1C(Cc1ccccc1)N2. The second-order valence-electron chi connectivity index (χ2n) is 8.59. The van der Waals surface area contributed by atoms with Gasteiger partial charge in [-0.05, 0) is 41.9 Å². The minimum atomic E-state index is 0.167. The van der Waals surface area contributed by atoms with E-state index in [-0.39, 0.29) is 11.5 Å². The lowest BCUT2D eigenvalue weighted by Crippen LogP contribution is -2.42. The Bertz CT molecular complexity index is 732. The molecule has 4 rings (SSSR count). The Kier molecular flexibility index (Phi) is 4.33. The number of anilines is 1. The summed E-state index contributed by atoms with van der Waals surface area (Å²) in [6, 6.07) is 18.2. The summed E-state index contributed by atoms with van der Waals surface area (Å²) < 4.78 is 6.30. The molecule has 0 aliphatic carbocycles. The minimum Gasteiger partial charge on any atom is -0.381 e. The fraction of sp³-hybridized carbons (Fsp3) is 0.478. The van der Waals surface area contributed by atoms with Gasteiger partial charge >= 0.3 is 0 Å². The Balaban J connectivity index is 1.68. The number of benzene rings is 2. The highest BCUT2D eigenvalue weighted by Crippen LogP contribution is 2.45. The van der Waals surface area contributed by atoms with E-state index in [9.17, 15) is 0 Å². The number of fused-ring (bicyclic) bond motifs is 3. The van der Waals surface area contributed by atoms with Crippen LogP contribution in [0, 0.1) is 5.92 Å². The zero-order valence-electron chi connectivity index (χ0n) is 15.6. The fourth-order valence-corrected chi connectivity index (χ4v) is 4.31. The molecule has 1 saturated heterocycles. The molecule has 1 unspecified atom stereocenters. The van der Waals surface area contributed by atoms with Crippen LogP contribution in [0.5, 0.6) is 0 Å². The van der Waals surface area contributed by atoms with Gasteiger partial charge in [0.25, 0.3) is 0 Å². The molecule has 25 heavy (non-hydrogen) atoms. The van der Waals surface area contributed by atoms with E-state index in [0.29, 0.717) is 12.0 Å². The molecule has 2 nitrogen and oxygen atoms in total. The summed E-state index contributed by atoms with van der Waals surface area (Å²) in [4.78, 5) is 0. The van der Waals surface area contributed by atoms with Crippen LogP contribution in [0.4, 0.5) is 5.69 Å². The predicted octanol–water partition coefficient (Wildman–Crippen LogP) is 5.49. The van der Waals surface area contributed by atoms with Crippen LogP contribution in [0.1, 0.15) is 56.4 Å². The summed E-state index contributed by atoms with van der Waals surface area (Å²) >= 11 is 0. The maximum absolute atomic E-state index is 6.30. The summed E-state index contributed by atoms with van der Waals surface area (Å²) in [6.07, 6.45) is 3.71. The van der Waals surface area contributed by atoms with Crippen molar-refractivity contribution in [2.24, 2.45) is 5.92 Å². The number of rotatable bonds is 2. The third kappa shape index (κ3) is 3.32. The zero-order chi connectivity index (χ0) is 17.4. The van der Waals surface area contributed by atoms with Gasteiger partial charge in [0.1, 0.15) is 0 Å². The molecule has 2 aromatic rings. The van der Waals surface area contributed by atoms with Gasteiger partial charge in [-0.2, -0.15) is 0 Å². The molecule has 0 aromatic heterocycles. The summed E-state index contributed by atoms with van der Waals surface area (Å²) in [5.74, 6) is 0.552. The van der Waals surface area contributed by atoms with Crippen LogP contribution in [-0.2, 0) is 16.6 Å². The van der Waals surface area contributed by atoms with Crippen LogP contribution in [-0.4, -0.2) is 12.6 Å². The van der Waals surface area contributed by atoms with Crippen molar-refractivity contribution < 1.29 is 4.74 Å². The summed E-state index contributed by atoms with van der Waals surface area (Å²) in [5, 5.41) is 3.84. The van der Waals surface area contributed by atoms with Crippen LogP contribution in [0.2, 0.25) is 0 Å². The normalized spacial score (nSPS) is 25.6. The zero-order valence-corrected chi connectivity index (χ0v) is 15.6. The highest BCUT2D eigenvalue weighted by atomic mass is 16.5. The largest absolute Gasteiger partial charge is 0.381 e. The van der Waals surface area contributed by atoms with Crippen molar-refractivity contribution in [1.82, 2.24) is 0 Å². The van der Waals surface area contributed by atoms with Gasteiger partial charge in [0, 0.05) is 29.8 Å². The first-order chi connectivity index (χ1) is 12.0. The molecule has 2 aliphatic rings. The van der Waals surface area contributed by atoms with E-state index in [4.69, 9.17) is 4.74 Å². The molecule has 132 valence electrons. The average molecular weight is 335 g/mol. The van der Waals surface area contributed by atoms with E-state index < -0.39 is 0 Å². The van der Waals surface area contributed by atoms with Gasteiger partial charge in [0.05, 0.1) is 6.10 Å². The molecule has 3 atom stereocenters. The van der Waals surface area contributed by atoms with Crippen LogP contribution >= 0.6 is 0 Å². The molecule has 2 aliphatic heterocycles. The summed E-state index contributed by atoms with van der Waals surface area (Å²) in [5.41, 5.74) is 5.58. The van der Waals surface area contributed by atoms with Crippen LogP contribution in [0.25, 0.3) is 0 Å². The van der Waals surface area contributed by atoms with Gasteiger partial charge in [-0.25, -0.2) is 0 Å². The third-order valence-electron chi connectivity index (χ3n) is 5.75. The number of hydrogen-bond donors (Lipinski definition) is 1. The highest BCUT2D eigenvalue weighted by molar-refractivity contribution is 5.58. The van der Waals surface area contributed by atoms with Crippen molar-refractivity contribution in [3.8, 4) is 0 Å². The molecule has 2 aromatic carbocycles. The van der Waals surface area contributed by atoms with Gasteiger partial charge in [0.15, 0.2) is 0 Å². The first-order valence-electron chi connectivity index (χ1n) is 9.59. The molecular formula is C23H29NO. The third-order valence-corrected chi connectivity index (χ3v) is 5.75. The van der Waals surface area contributed by atoms with E-state index in [2.05, 4.69) is 74.6 Å². The maximum atomic E-state index is 6.30. The second kappa shape index (κ2) is 6.49. The second-order valence-corrected chi connectivity index (χ2v) is 8.59. The quantitative estimate of drug-likeness (QED) is 0.783. The van der Waals surface area contributed by atoms with Gasteiger partial charge < -0.3 is 10.1 Å².